The Morgan fingerprint density at radius 3 is 2.17 bits per heavy atom. The van der Waals surface area contributed by atoms with Crippen LogP contribution < -0.4 is 0 Å². The van der Waals surface area contributed by atoms with Crippen LogP contribution >= 0.6 is 32.7 Å². The first-order chi connectivity index (χ1) is 10.8. The number of hydrogen-bond acceptors (Lipinski definition) is 10. The van der Waals surface area contributed by atoms with E-state index in [0.717, 1.165) is 0 Å². The van der Waals surface area contributed by atoms with E-state index in [1.807, 2.05) is 0 Å². The first-order valence-electron chi connectivity index (χ1n) is 5.85. The topological polar surface area (TPSA) is 205 Å². The quantitative estimate of drug-likeness (QED) is 0.305. The summed E-state index contributed by atoms with van der Waals surface area (Å²) in [4.78, 5) is 46.1. The van der Waals surface area contributed by atoms with E-state index in [9.17, 15) is 23.4 Å². The summed E-state index contributed by atoms with van der Waals surface area (Å²) in [6, 6.07) is 0. The Kier molecular flexibility index (Phi) is 5.94. The third-order valence-electron chi connectivity index (χ3n) is 2.63. The maximum absolute atomic E-state index is 11.6. The number of hydrogen-bond donors (Lipinski definition) is 4. The van der Waals surface area contributed by atoms with Gasteiger partial charge in [-0.3, -0.25) is 4.52 Å². The molecule has 7 unspecified atom stereocenters. The van der Waals surface area contributed by atoms with Gasteiger partial charge in [0.05, 0.1) is 6.61 Å². The van der Waals surface area contributed by atoms with Crippen LogP contribution in [0.4, 0.5) is 4.79 Å². The van der Waals surface area contributed by atoms with Crippen molar-refractivity contribution in [3.8, 4) is 0 Å². The van der Waals surface area contributed by atoms with Gasteiger partial charge in [0, 0.05) is 0 Å². The van der Waals surface area contributed by atoms with Crippen LogP contribution in [-0.2, 0) is 41.1 Å². The zero-order valence-electron chi connectivity index (χ0n) is 11.3. The van der Waals surface area contributed by atoms with Crippen molar-refractivity contribution in [3.05, 3.63) is 0 Å². The van der Waals surface area contributed by atoms with Gasteiger partial charge in [0.1, 0.15) is 11.9 Å². The van der Waals surface area contributed by atoms with E-state index in [2.05, 4.69) is 22.4 Å². The molecule has 0 aromatic rings. The van der Waals surface area contributed by atoms with Gasteiger partial charge in [-0.2, -0.15) is 8.62 Å². The van der Waals surface area contributed by atoms with E-state index in [-0.39, 0.29) is 0 Å². The van der Waals surface area contributed by atoms with E-state index in [0.29, 0.717) is 0 Å². The van der Waals surface area contributed by atoms with Gasteiger partial charge in [-0.15, -0.1) is 9.24 Å². The molecule has 0 saturated carbocycles. The molecule has 2 aliphatic rings. The second kappa shape index (κ2) is 7.00. The fourth-order valence-electron chi connectivity index (χ4n) is 1.89. The number of rotatable bonds is 7. The van der Waals surface area contributed by atoms with Gasteiger partial charge in [0.2, 0.25) is 0 Å². The zero-order chi connectivity index (χ0) is 18.3. The van der Waals surface area contributed by atoms with Gasteiger partial charge < -0.3 is 33.8 Å². The summed E-state index contributed by atoms with van der Waals surface area (Å²) in [5.41, 5.74) is 0. The van der Waals surface area contributed by atoms with E-state index in [4.69, 9.17) is 28.9 Å². The minimum Gasteiger partial charge on any atom is -0.424 e. The molecule has 0 radical (unpaired) electrons. The summed E-state index contributed by atoms with van der Waals surface area (Å²) in [7, 11) is -14.1. The Morgan fingerprint density at radius 1 is 1.00 bits per heavy atom. The first-order valence-corrected chi connectivity index (χ1v) is 11.0. The van der Waals surface area contributed by atoms with Gasteiger partial charge in [0.25, 0.3) is 0 Å². The summed E-state index contributed by atoms with van der Waals surface area (Å²) in [5.74, 6) is -0.684. The van der Waals surface area contributed by atoms with Gasteiger partial charge in [0.15, 0.2) is 12.2 Å². The summed E-state index contributed by atoms with van der Waals surface area (Å²) >= 11 is 0. The summed E-state index contributed by atoms with van der Waals surface area (Å²) in [6.07, 6.45) is -3.78. The maximum Gasteiger partial charge on any atom is 0.509 e. The van der Waals surface area contributed by atoms with Crippen LogP contribution in [0.1, 0.15) is 0 Å². The van der Waals surface area contributed by atoms with E-state index in [1.165, 1.54) is 0 Å². The first kappa shape index (κ1) is 20.4. The highest BCUT2D eigenvalue weighted by molar-refractivity contribution is 7.66. The molecule has 4 N–H and O–H groups in total. The van der Waals surface area contributed by atoms with Crippen molar-refractivity contribution in [1.82, 2.24) is 0 Å². The second-order valence-corrected chi connectivity index (χ2v) is 9.52. The average Bonchev–Trinajstić information content (AvgIpc) is 2.82. The van der Waals surface area contributed by atoms with Crippen molar-refractivity contribution < 1.29 is 65.4 Å². The monoisotopic (exact) mass is 432 g/mol. The number of carbonyl (C=O) groups is 1. The fraction of sp³-hybridized carbons (Fsp3) is 0.833. The number of ether oxygens (including phenoxy) is 3. The molecule has 18 heteroatoms. The van der Waals surface area contributed by atoms with Crippen molar-refractivity contribution in [1.29, 1.82) is 0 Å². The lowest BCUT2D eigenvalue weighted by molar-refractivity contribution is -0.0166. The number of fused-ring (bicyclic) bond motifs is 1. The highest BCUT2D eigenvalue weighted by Gasteiger charge is 2.53. The lowest BCUT2D eigenvalue weighted by Gasteiger charge is -2.19. The fourth-order valence-corrected chi connectivity index (χ4v) is 5.42. The SMILES string of the molecule is O=C1OC2C(P)OC(COP(=O)(O)OP(=O)(O)OP(=O)(O)O)C2O1. The van der Waals surface area contributed by atoms with Gasteiger partial charge >= 0.3 is 29.6 Å². The minimum atomic E-state index is -5.60. The molecule has 0 aliphatic carbocycles. The molecular formula is C6H12O14P4. The molecule has 2 aliphatic heterocycles. The van der Waals surface area contributed by atoms with Crippen LogP contribution in [0.3, 0.4) is 0 Å². The standard InChI is InChI=1S/C6H12O14P4/c7-6-17-3-2(16-5(21)4(3)18-6)1-15-23(11,12)20-24(13,14)19-22(8,9)10/h2-5H,1,21H2,(H,11,12)(H,13,14)(H2,8,9,10). The summed E-state index contributed by atoms with van der Waals surface area (Å²) in [5, 5.41) is 0. The van der Waals surface area contributed by atoms with Crippen molar-refractivity contribution in [2.75, 3.05) is 6.61 Å². The summed E-state index contributed by atoms with van der Waals surface area (Å²) in [6.45, 7) is -0.730. The Labute approximate surface area is 136 Å². The molecule has 2 fully saturated rings. The van der Waals surface area contributed by atoms with Crippen molar-refractivity contribution in [2.24, 2.45) is 0 Å². The molecular weight excluding hydrogens is 420 g/mol. The van der Waals surface area contributed by atoms with Crippen molar-refractivity contribution in [2.45, 2.75) is 24.2 Å². The van der Waals surface area contributed by atoms with Crippen LogP contribution in [0.2, 0.25) is 0 Å². The van der Waals surface area contributed by atoms with Crippen LogP contribution in [0.25, 0.3) is 0 Å². The molecule has 0 aromatic carbocycles. The predicted molar refractivity (Wildman–Crippen MR) is 73.3 cm³/mol. The highest BCUT2D eigenvalue weighted by Crippen LogP contribution is 2.66. The molecule has 0 bridgehead atoms. The molecule has 7 atom stereocenters. The van der Waals surface area contributed by atoms with Crippen LogP contribution in [0.5, 0.6) is 0 Å². The van der Waals surface area contributed by atoms with Crippen LogP contribution in [-0.4, -0.2) is 56.5 Å². The van der Waals surface area contributed by atoms with Gasteiger partial charge in [-0.25, -0.2) is 18.5 Å². The molecule has 0 amide bonds. The lowest BCUT2D eigenvalue weighted by atomic mass is 10.2. The molecule has 0 aromatic heterocycles. The number of phosphoric acid groups is 3. The Balaban J connectivity index is 1.93. The molecule has 2 heterocycles. The largest absolute Gasteiger partial charge is 0.509 e. The van der Waals surface area contributed by atoms with E-state index < -0.39 is 60.4 Å². The normalized spacial score (nSPS) is 34.8. The molecule has 14 nitrogen and oxygen atoms in total. The van der Waals surface area contributed by atoms with Gasteiger partial charge in [-0.1, -0.05) is 0 Å². The smallest absolute Gasteiger partial charge is 0.424 e. The molecule has 24 heavy (non-hydrogen) atoms. The lowest BCUT2D eigenvalue weighted by Crippen LogP contribution is -2.31. The molecule has 140 valence electrons. The Morgan fingerprint density at radius 2 is 1.58 bits per heavy atom. The minimum absolute atomic E-state index is 0.684. The van der Waals surface area contributed by atoms with E-state index in [1.54, 1.807) is 0 Å². The average molecular weight is 432 g/mol. The molecule has 0 spiro atoms. The molecule has 2 rings (SSSR count). The van der Waals surface area contributed by atoms with Crippen molar-refractivity contribution >= 4 is 38.9 Å². The Bertz CT molecular complexity index is 641. The zero-order valence-corrected chi connectivity index (χ0v) is 15.1. The maximum atomic E-state index is 11.6. The third-order valence-corrected chi connectivity index (χ3v) is 6.97. The van der Waals surface area contributed by atoms with Gasteiger partial charge in [-0.05, 0) is 0 Å². The highest BCUT2D eigenvalue weighted by atomic mass is 31.3. The van der Waals surface area contributed by atoms with Crippen molar-refractivity contribution in [3.63, 3.8) is 0 Å². The third kappa shape index (κ3) is 5.54. The molecule has 2 saturated heterocycles. The van der Waals surface area contributed by atoms with Crippen LogP contribution in [0.15, 0.2) is 0 Å². The number of phosphoric ester groups is 1. The summed E-state index contributed by atoms with van der Waals surface area (Å²) < 4.78 is 59.5. The second-order valence-electron chi connectivity index (χ2n) is 4.44. The number of carbonyl (C=O) groups excluding carboxylic acids is 1. The van der Waals surface area contributed by atoms with E-state index >= 15 is 0 Å². The Hall–Kier alpha value is 0.0700. The van der Waals surface area contributed by atoms with Crippen LogP contribution in [0, 0.1) is 0 Å². The predicted octanol–water partition coefficient (Wildman–Crippen LogP) is -0.166.